The van der Waals surface area contributed by atoms with Crippen molar-refractivity contribution in [2.45, 2.75) is 19.8 Å². The SMILES string of the molecule is CC(=O)Nc1cc([As](=O)(O)O)ccc1O.O=C(O)CCC(=O)O. The molecule has 1 aromatic rings. The molecule has 23 heavy (non-hydrogen) atoms. The number of phenolic OH excluding ortho intramolecular Hbond substituents is 1. The Balaban J connectivity index is 0.000000515. The maximum atomic E-state index is 10.9. The standard InChI is InChI=1S/C8H10AsNO5.C4H6O4/c1-5(11)10-7-4-6(9(13,14)15)2-3-8(7)12;5-3(6)1-2-4(7)8/h2-4,12H,1H3,(H,10,11)(H2,13,14,15);1-2H2,(H,5,6)(H,7,8). The van der Waals surface area contributed by atoms with E-state index in [0.717, 1.165) is 18.2 Å². The van der Waals surface area contributed by atoms with Crippen LogP contribution >= 0.6 is 0 Å². The van der Waals surface area contributed by atoms with Crippen LogP contribution in [0.4, 0.5) is 5.69 Å². The fourth-order valence-electron chi connectivity index (χ4n) is 1.21. The summed E-state index contributed by atoms with van der Waals surface area (Å²) in [5, 5.41) is 27.3. The molecule has 0 heterocycles. The third kappa shape index (κ3) is 9.35. The number of anilines is 1. The molecular weight excluding hydrogens is 377 g/mol. The van der Waals surface area contributed by atoms with E-state index in [1.165, 1.54) is 6.92 Å². The first-order valence-electron chi connectivity index (χ1n) is 6.03. The summed E-state index contributed by atoms with van der Waals surface area (Å²) in [4.78, 5) is 30.0. The maximum absolute atomic E-state index is 10.9. The Kier molecular flexibility index (Phi) is 8.09. The fraction of sp³-hybridized carbons (Fsp3) is 0.250. The van der Waals surface area contributed by atoms with Crippen molar-refractivity contribution in [1.82, 2.24) is 0 Å². The molecule has 1 aromatic carbocycles. The average molecular weight is 393 g/mol. The van der Waals surface area contributed by atoms with Gasteiger partial charge in [-0.1, -0.05) is 0 Å². The van der Waals surface area contributed by atoms with Crippen molar-refractivity contribution < 1.29 is 41.6 Å². The van der Waals surface area contributed by atoms with Crippen molar-refractivity contribution in [2.24, 2.45) is 0 Å². The van der Waals surface area contributed by atoms with Gasteiger partial charge >= 0.3 is 100 Å². The van der Waals surface area contributed by atoms with Gasteiger partial charge in [0.05, 0.1) is 12.8 Å². The Labute approximate surface area is 133 Å². The molecule has 0 aliphatic rings. The van der Waals surface area contributed by atoms with Gasteiger partial charge in [0.25, 0.3) is 0 Å². The van der Waals surface area contributed by atoms with Crippen LogP contribution in [0.15, 0.2) is 18.2 Å². The second-order valence-electron chi connectivity index (χ2n) is 4.21. The molecular formula is C12H16AsNO9. The average Bonchev–Trinajstić information content (AvgIpc) is 2.38. The topological polar surface area (TPSA) is 181 Å². The number of nitrogens with one attached hydrogen (secondary N) is 1. The number of carbonyl (C=O) groups excluding carboxylic acids is 1. The third-order valence-electron chi connectivity index (χ3n) is 2.18. The van der Waals surface area contributed by atoms with Crippen molar-refractivity contribution in [3.8, 4) is 5.75 Å². The van der Waals surface area contributed by atoms with Gasteiger partial charge in [0.2, 0.25) is 0 Å². The Bertz CT molecular complexity index is 623. The van der Waals surface area contributed by atoms with E-state index in [9.17, 15) is 23.2 Å². The van der Waals surface area contributed by atoms with Crippen molar-refractivity contribution in [2.75, 3.05) is 5.32 Å². The van der Waals surface area contributed by atoms with Crippen LogP contribution in [0, 0.1) is 0 Å². The Hall–Kier alpha value is -2.29. The van der Waals surface area contributed by atoms with E-state index in [-0.39, 0.29) is 28.6 Å². The largest absolute Gasteiger partial charge is 0.481 e. The first-order chi connectivity index (χ1) is 10.4. The number of amides is 1. The van der Waals surface area contributed by atoms with Gasteiger partial charge in [0.15, 0.2) is 0 Å². The fourth-order valence-corrected chi connectivity index (χ4v) is 2.40. The zero-order valence-electron chi connectivity index (χ0n) is 12.0. The zero-order chi connectivity index (χ0) is 18.2. The quantitative estimate of drug-likeness (QED) is 0.266. The Morgan fingerprint density at radius 3 is 1.91 bits per heavy atom. The number of hydrogen-bond acceptors (Lipinski definition) is 5. The van der Waals surface area contributed by atoms with E-state index in [0.29, 0.717) is 0 Å². The number of benzene rings is 1. The summed E-state index contributed by atoms with van der Waals surface area (Å²) >= 11 is -4.98. The normalized spacial score (nSPS) is 10.2. The second kappa shape index (κ2) is 8.98. The summed E-state index contributed by atoms with van der Waals surface area (Å²) in [7, 11) is 0. The van der Waals surface area contributed by atoms with Gasteiger partial charge in [-0.05, 0) is 0 Å². The minimum Gasteiger partial charge on any atom is -0.481 e. The predicted molar refractivity (Wildman–Crippen MR) is 77.4 cm³/mol. The number of carbonyl (C=O) groups is 3. The molecule has 0 radical (unpaired) electrons. The third-order valence-corrected chi connectivity index (χ3v) is 4.17. The summed E-state index contributed by atoms with van der Waals surface area (Å²) in [6, 6.07) is 3.32. The van der Waals surface area contributed by atoms with Gasteiger partial charge < -0.3 is 10.2 Å². The molecule has 6 N–H and O–H groups in total. The maximum Gasteiger partial charge on any atom is 0.303 e. The van der Waals surface area contributed by atoms with E-state index in [2.05, 4.69) is 5.32 Å². The summed E-state index contributed by atoms with van der Waals surface area (Å²) in [5.74, 6) is -2.82. The van der Waals surface area contributed by atoms with Gasteiger partial charge in [0, 0.05) is 0 Å². The molecule has 0 aliphatic heterocycles. The van der Waals surface area contributed by atoms with Crippen LogP contribution in [0.5, 0.6) is 5.75 Å². The molecule has 0 fully saturated rings. The molecule has 0 aliphatic carbocycles. The second-order valence-corrected chi connectivity index (χ2v) is 7.58. The molecule has 0 aromatic heterocycles. The van der Waals surface area contributed by atoms with Crippen molar-refractivity contribution >= 4 is 42.1 Å². The summed E-state index contributed by atoms with van der Waals surface area (Å²) < 4.78 is 28.6. The molecule has 10 nitrogen and oxygen atoms in total. The minimum absolute atomic E-state index is 0.00951. The number of carboxylic acids is 2. The zero-order valence-corrected chi connectivity index (χ0v) is 13.8. The number of aromatic hydroxyl groups is 1. The van der Waals surface area contributed by atoms with E-state index >= 15 is 0 Å². The van der Waals surface area contributed by atoms with Gasteiger partial charge in [0.1, 0.15) is 0 Å². The van der Waals surface area contributed by atoms with Crippen molar-refractivity contribution in [1.29, 1.82) is 0 Å². The number of rotatable bonds is 5. The van der Waals surface area contributed by atoms with Crippen molar-refractivity contribution in [3.63, 3.8) is 0 Å². The molecule has 0 saturated carbocycles. The van der Waals surface area contributed by atoms with E-state index in [4.69, 9.17) is 18.4 Å². The Morgan fingerprint density at radius 2 is 1.57 bits per heavy atom. The minimum atomic E-state index is -4.98. The van der Waals surface area contributed by atoms with Crippen LogP contribution in [0.25, 0.3) is 0 Å². The monoisotopic (exact) mass is 393 g/mol. The van der Waals surface area contributed by atoms with Crippen LogP contribution in [-0.2, 0) is 18.1 Å². The van der Waals surface area contributed by atoms with Gasteiger partial charge in [-0.2, -0.15) is 0 Å². The summed E-state index contributed by atoms with van der Waals surface area (Å²) in [6.45, 7) is 1.23. The summed E-state index contributed by atoms with van der Waals surface area (Å²) in [6.07, 6.45) is -0.593. The molecule has 11 heteroatoms. The molecule has 128 valence electrons. The number of aliphatic carboxylic acids is 2. The summed E-state index contributed by atoms with van der Waals surface area (Å²) in [5.41, 5.74) is -0.00951. The molecule has 0 saturated heterocycles. The van der Waals surface area contributed by atoms with E-state index in [1.807, 2.05) is 0 Å². The number of carboxylic acid groups (broad SMARTS) is 2. The number of phenols is 1. The molecule has 0 atom stereocenters. The van der Waals surface area contributed by atoms with E-state index < -0.39 is 32.0 Å². The molecule has 0 spiro atoms. The first-order valence-corrected chi connectivity index (χ1v) is 9.42. The molecule has 0 bridgehead atoms. The van der Waals surface area contributed by atoms with Gasteiger partial charge in [-0.25, -0.2) is 0 Å². The molecule has 0 unspecified atom stereocenters. The van der Waals surface area contributed by atoms with E-state index in [1.54, 1.807) is 0 Å². The van der Waals surface area contributed by atoms with Crippen LogP contribution in [0.1, 0.15) is 19.8 Å². The van der Waals surface area contributed by atoms with Crippen LogP contribution in [0.2, 0.25) is 0 Å². The smallest absolute Gasteiger partial charge is 0.303 e. The molecule has 1 amide bonds. The van der Waals surface area contributed by atoms with Crippen LogP contribution in [0.3, 0.4) is 0 Å². The van der Waals surface area contributed by atoms with Crippen LogP contribution < -0.4 is 9.67 Å². The van der Waals surface area contributed by atoms with Crippen molar-refractivity contribution in [3.05, 3.63) is 18.2 Å². The first kappa shape index (κ1) is 20.7. The van der Waals surface area contributed by atoms with Gasteiger partial charge in [-0.3, -0.25) is 9.59 Å². The van der Waals surface area contributed by atoms with Crippen LogP contribution in [-0.4, -0.2) is 55.5 Å². The number of hydrogen-bond donors (Lipinski definition) is 6. The predicted octanol–water partition coefficient (Wildman–Crippen LogP) is -1.15. The van der Waals surface area contributed by atoms with Gasteiger partial charge in [-0.15, -0.1) is 0 Å². The Morgan fingerprint density at radius 1 is 1.09 bits per heavy atom. The molecule has 1 rings (SSSR count).